The largest absolute Gasteiger partial charge is 0.394 e. The lowest BCUT2D eigenvalue weighted by Crippen LogP contribution is -2.18. The van der Waals surface area contributed by atoms with E-state index in [0.717, 1.165) is 28.2 Å². The van der Waals surface area contributed by atoms with Gasteiger partial charge in [-0.25, -0.2) is 14.5 Å². The van der Waals surface area contributed by atoms with Gasteiger partial charge in [-0.3, -0.25) is 0 Å². The van der Waals surface area contributed by atoms with Crippen LogP contribution in [0.1, 0.15) is 57.8 Å². The van der Waals surface area contributed by atoms with Crippen molar-refractivity contribution in [2.24, 2.45) is 0 Å². The average Bonchev–Trinajstić information content (AvgIpc) is 3.38. The summed E-state index contributed by atoms with van der Waals surface area (Å²) in [6.07, 6.45) is 8.60. The van der Waals surface area contributed by atoms with E-state index in [-0.39, 0.29) is 18.6 Å². The molecular formula is C24H34N8O2. The van der Waals surface area contributed by atoms with Crippen molar-refractivity contribution in [1.82, 2.24) is 29.1 Å². The third kappa shape index (κ3) is 4.97. The smallest absolute Gasteiger partial charge is 0.240 e. The molecule has 1 fully saturated rings. The number of aromatic nitrogens is 6. The number of nitrogens with two attached hydrogens (primary N) is 2. The Morgan fingerprint density at radius 2 is 1.85 bits per heavy atom. The molecule has 0 spiro atoms. The number of aliphatic hydroxyl groups excluding tert-OH is 1. The lowest BCUT2D eigenvalue weighted by molar-refractivity contribution is 0.00882. The molecule has 10 heteroatoms. The van der Waals surface area contributed by atoms with Crippen LogP contribution in [0.5, 0.6) is 0 Å². The number of anilines is 2. The molecule has 5 rings (SSSR count). The number of hydrogen-bond donors (Lipinski definition) is 3. The van der Waals surface area contributed by atoms with E-state index < -0.39 is 0 Å². The Morgan fingerprint density at radius 3 is 2.56 bits per heavy atom. The summed E-state index contributed by atoms with van der Waals surface area (Å²) >= 11 is 0. The van der Waals surface area contributed by atoms with Crippen LogP contribution in [0.3, 0.4) is 0 Å². The molecule has 4 heterocycles. The minimum absolute atomic E-state index is 0.138. The first-order chi connectivity index (χ1) is 16.4. The SMILES string of the molecule is Cc1nc2ccc(-c3ccn4nc(N)nc(N)c34)nc2n1C(C)C.OCCOC1CCCCC1. The fraction of sp³-hybridized carbons (Fsp3) is 0.500. The van der Waals surface area contributed by atoms with Gasteiger partial charge in [0.25, 0.3) is 0 Å². The molecule has 0 saturated heterocycles. The van der Waals surface area contributed by atoms with E-state index in [9.17, 15) is 0 Å². The predicted octanol–water partition coefficient (Wildman–Crippen LogP) is 3.52. The fourth-order valence-corrected chi connectivity index (χ4v) is 4.58. The molecule has 0 atom stereocenters. The van der Waals surface area contributed by atoms with Gasteiger partial charge in [-0.15, -0.1) is 5.10 Å². The van der Waals surface area contributed by atoms with E-state index in [4.69, 9.17) is 26.3 Å². The number of nitrogen functional groups attached to an aromatic ring is 2. The number of imidazole rings is 1. The molecule has 1 aliphatic carbocycles. The molecule has 34 heavy (non-hydrogen) atoms. The number of hydrogen-bond acceptors (Lipinski definition) is 8. The van der Waals surface area contributed by atoms with Crippen LogP contribution in [0.4, 0.5) is 11.8 Å². The molecular weight excluding hydrogens is 432 g/mol. The van der Waals surface area contributed by atoms with Crippen LogP contribution < -0.4 is 11.5 Å². The van der Waals surface area contributed by atoms with Crippen molar-refractivity contribution in [2.75, 3.05) is 24.7 Å². The van der Waals surface area contributed by atoms with E-state index in [1.807, 2.05) is 25.1 Å². The molecule has 1 saturated carbocycles. The topological polar surface area (TPSA) is 142 Å². The van der Waals surface area contributed by atoms with Gasteiger partial charge in [-0.2, -0.15) is 4.98 Å². The van der Waals surface area contributed by atoms with Crippen LogP contribution in [0.25, 0.3) is 27.9 Å². The van der Waals surface area contributed by atoms with E-state index in [0.29, 0.717) is 24.0 Å². The zero-order valence-corrected chi connectivity index (χ0v) is 20.1. The molecule has 5 N–H and O–H groups in total. The summed E-state index contributed by atoms with van der Waals surface area (Å²) in [5.74, 6) is 1.42. The maximum Gasteiger partial charge on any atom is 0.240 e. The van der Waals surface area contributed by atoms with E-state index in [1.54, 1.807) is 10.7 Å². The highest BCUT2D eigenvalue weighted by molar-refractivity contribution is 5.88. The lowest BCUT2D eigenvalue weighted by Gasteiger charge is -2.21. The van der Waals surface area contributed by atoms with Gasteiger partial charge < -0.3 is 25.9 Å². The maximum absolute atomic E-state index is 8.47. The zero-order chi connectivity index (χ0) is 24.2. The average molecular weight is 467 g/mol. The van der Waals surface area contributed by atoms with Gasteiger partial charge in [-0.1, -0.05) is 19.3 Å². The Balaban J connectivity index is 0.000000231. The van der Waals surface area contributed by atoms with Crippen LogP contribution in [0.2, 0.25) is 0 Å². The zero-order valence-electron chi connectivity index (χ0n) is 20.1. The monoisotopic (exact) mass is 466 g/mol. The molecule has 10 nitrogen and oxygen atoms in total. The number of fused-ring (bicyclic) bond motifs is 2. The molecule has 0 radical (unpaired) electrons. The first-order valence-electron chi connectivity index (χ1n) is 11.9. The number of aliphatic hydroxyl groups is 1. The van der Waals surface area contributed by atoms with Crippen molar-refractivity contribution < 1.29 is 9.84 Å². The van der Waals surface area contributed by atoms with Crippen molar-refractivity contribution in [3.05, 3.63) is 30.2 Å². The Hall–Kier alpha value is -3.24. The van der Waals surface area contributed by atoms with Gasteiger partial charge in [0.1, 0.15) is 16.9 Å². The van der Waals surface area contributed by atoms with Crippen LogP contribution in [0.15, 0.2) is 24.4 Å². The Kier molecular flexibility index (Phi) is 7.28. The fourth-order valence-electron chi connectivity index (χ4n) is 4.58. The standard InChI is InChI=1S/C16H18N8.C8H16O2/c1-8(2)24-9(3)19-12-5-4-11(20-15(12)24)10-6-7-23-13(10)14(17)21-16(18)22-23;9-6-7-10-8-4-2-1-3-5-8/h4-8H,1-3H3,(H4,17,18,21,22);8-9H,1-7H2. The van der Waals surface area contributed by atoms with Gasteiger partial charge in [0, 0.05) is 17.8 Å². The number of ether oxygens (including phenoxy) is 1. The van der Waals surface area contributed by atoms with Crippen LogP contribution >= 0.6 is 0 Å². The van der Waals surface area contributed by atoms with Crippen LogP contribution in [-0.4, -0.2) is 53.6 Å². The molecule has 1 aliphatic rings. The third-order valence-electron chi connectivity index (χ3n) is 6.06. The molecule has 0 amide bonds. The second-order valence-corrected chi connectivity index (χ2v) is 8.89. The highest BCUT2D eigenvalue weighted by Crippen LogP contribution is 2.29. The van der Waals surface area contributed by atoms with Gasteiger partial charge >= 0.3 is 0 Å². The maximum atomic E-state index is 8.47. The van der Waals surface area contributed by atoms with E-state index >= 15 is 0 Å². The normalized spacial score (nSPS) is 14.6. The summed E-state index contributed by atoms with van der Waals surface area (Å²) < 4.78 is 9.13. The van der Waals surface area contributed by atoms with Crippen molar-refractivity contribution in [3.8, 4) is 11.3 Å². The highest BCUT2D eigenvalue weighted by Gasteiger charge is 2.16. The number of pyridine rings is 1. The second-order valence-electron chi connectivity index (χ2n) is 8.89. The van der Waals surface area contributed by atoms with Gasteiger partial charge in [0.15, 0.2) is 11.5 Å². The summed E-state index contributed by atoms with van der Waals surface area (Å²) in [4.78, 5) is 13.4. The van der Waals surface area contributed by atoms with E-state index in [1.165, 1.54) is 32.1 Å². The van der Waals surface area contributed by atoms with E-state index in [2.05, 4.69) is 33.5 Å². The van der Waals surface area contributed by atoms with Crippen molar-refractivity contribution in [3.63, 3.8) is 0 Å². The van der Waals surface area contributed by atoms with Crippen molar-refractivity contribution >= 4 is 28.4 Å². The molecule has 0 bridgehead atoms. The number of aryl methyl sites for hydroxylation is 1. The molecule has 0 unspecified atom stereocenters. The Morgan fingerprint density at radius 1 is 1.09 bits per heavy atom. The van der Waals surface area contributed by atoms with Gasteiger partial charge in [0.05, 0.1) is 25.0 Å². The second kappa shape index (κ2) is 10.4. The van der Waals surface area contributed by atoms with Crippen molar-refractivity contribution in [2.45, 2.75) is 65.0 Å². The minimum Gasteiger partial charge on any atom is -0.394 e. The summed E-state index contributed by atoms with van der Waals surface area (Å²) in [7, 11) is 0. The summed E-state index contributed by atoms with van der Waals surface area (Å²) in [5, 5.41) is 12.6. The minimum atomic E-state index is 0.138. The third-order valence-corrected chi connectivity index (χ3v) is 6.06. The lowest BCUT2D eigenvalue weighted by atomic mass is 9.98. The number of rotatable bonds is 5. The van der Waals surface area contributed by atoms with Crippen LogP contribution in [-0.2, 0) is 4.74 Å². The summed E-state index contributed by atoms with van der Waals surface area (Å²) in [5.41, 5.74) is 15.8. The van der Waals surface area contributed by atoms with Gasteiger partial charge in [0.2, 0.25) is 5.95 Å². The molecule has 0 aromatic carbocycles. The van der Waals surface area contributed by atoms with Crippen LogP contribution in [0, 0.1) is 6.92 Å². The highest BCUT2D eigenvalue weighted by atomic mass is 16.5. The quantitative estimate of drug-likeness (QED) is 0.405. The Bertz CT molecular complexity index is 1260. The van der Waals surface area contributed by atoms with Gasteiger partial charge in [-0.05, 0) is 51.8 Å². The first-order valence-corrected chi connectivity index (χ1v) is 11.9. The Labute approximate surface area is 199 Å². The predicted molar refractivity (Wildman–Crippen MR) is 133 cm³/mol. The summed E-state index contributed by atoms with van der Waals surface area (Å²) in [6, 6.07) is 6.10. The molecule has 4 aromatic heterocycles. The molecule has 4 aromatic rings. The first kappa shape index (κ1) is 23.9. The number of nitrogens with zero attached hydrogens (tertiary/aromatic N) is 6. The molecule has 0 aliphatic heterocycles. The molecule has 182 valence electrons. The summed E-state index contributed by atoms with van der Waals surface area (Å²) in [6.45, 7) is 6.90. The van der Waals surface area contributed by atoms with Crippen molar-refractivity contribution in [1.29, 1.82) is 0 Å².